The van der Waals surface area contributed by atoms with E-state index >= 15 is 0 Å². The Morgan fingerprint density at radius 3 is 2.86 bits per heavy atom. The van der Waals surface area contributed by atoms with Crippen molar-refractivity contribution in [3.8, 4) is 0 Å². The third-order valence-corrected chi connectivity index (χ3v) is 3.92. The maximum absolute atomic E-state index is 11.9. The molecule has 0 saturated heterocycles. The van der Waals surface area contributed by atoms with Crippen LogP contribution in [-0.2, 0) is 28.9 Å². The van der Waals surface area contributed by atoms with Gasteiger partial charge in [0.1, 0.15) is 0 Å². The van der Waals surface area contributed by atoms with Crippen molar-refractivity contribution in [1.82, 2.24) is 0 Å². The largest absolute Gasteiger partial charge is 1.00 e. The second kappa shape index (κ2) is 6.31. The van der Waals surface area contributed by atoms with Crippen molar-refractivity contribution < 1.29 is 26.5 Å². The number of hydrogen-bond acceptors (Lipinski definition) is 3. The molecule has 21 heavy (non-hydrogen) atoms. The number of ether oxygens (including phenoxy) is 1. The molecular weight excluding hydrogens is 288 g/mol. The molecule has 0 radical (unpaired) electrons. The Morgan fingerprint density at radius 1 is 1.33 bits per heavy atom. The zero-order chi connectivity index (χ0) is 14.1. The molecule has 0 spiro atoms. The van der Waals surface area contributed by atoms with E-state index in [0.717, 1.165) is 35.9 Å². The van der Waals surface area contributed by atoms with E-state index in [9.17, 15) is 4.79 Å². The molecule has 0 aliphatic heterocycles. The number of para-hydroxylation sites is 1. The summed E-state index contributed by atoms with van der Waals surface area (Å²) in [5, 5.41) is 1.03. The molecule has 3 rings (SSSR count). The Morgan fingerprint density at radius 2 is 2.10 bits per heavy atom. The molecule has 2 N–H and O–H groups in total. The highest BCUT2D eigenvalue weighted by Gasteiger charge is 2.29. The molecule has 0 bridgehead atoms. The summed E-state index contributed by atoms with van der Waals surface area (Å²) in [4.78, 5) is 11.9. The minimum absolute atomic E-state index is 0. The van der Waals surface area contributed by atoms with Gasteiger partial charge in [0, 0.05) is 18.1 Å². The summed E-state index contributed by atoms with van der Waals surface area (Å²) in [7, 11) is 0. The van der Waals surface area contributed by atoms with Crippen LogP contribution < -0.4 is 22.7 Å². The van der Waals surface area contributed by atoms with Crippen LogP contribution in [-0.4, -0.2) is 12.6 Å². The van der Waals surface area contributed by atoms with Crippen LogP contribution in [0.2, 0.25) is 0 Å². The third kappa shape index (κ3) is 2.68. The molecule has 1 aromatic carbocycles. The normalized spacial score (nSPS) is 12.8. The molecule has 112 valence electrons. The van der Waals surface area contributed by atoms with E-state index in [1.807, 2.05) is 31.2 Å². The third-order valence-electron chi connectivity index (χ3n) is 3.92. The number of nitrogens with two attached hydrogens (primary N) is 1. The van der Waals surface area contributed by atoms with Crippen LogP contribution in [0.15, 0.2) is 24.3 Å². The van der Waals surface area contributed by atoms with Crippen molar-refractivity contribution in [2.75, 3.05) is 12.3 Å². The molecule has 4 nitrogen and oxygen atoms in total. The number of carbonyl (C=O) groups is 1. The van der Waals surface area contributed by atoms with Gasteiger partial charge in [0.05, 0.1) is 17.7 Å². The fraction of sp³-hybridized carbons (Fsp3) is 0.375. The standard InChI is InChI=1S/C16H18N2O2.ClH/c1-2-20-15(19)10-18-13-8-4-3-6-11(13)16(17)12-7-5-9-14(12)18;/h3-4,6,8,17H,2,5,7,9-10H2,1H3;1H. The van der Waals surface area contributed by atoms with Gasteiger partial charge < -0.3 is 22.9 Å². The maximum Gasteiger partial charge on any atom is 0.372 e. The van der Waals surface area contributed by atoms with Gasteiger partial charge in [-0.3, -0.25) is 0 Å². The zero-order valence-electron chi connectivity index (χ0n) is 12.1. The van der Waals surface area contributed by atoms with Crippen molar-refractivity contribution >= 4 is 22.6 Å². The van der Waals surface area contributed by atoms with E-state index < -0.39 is 0 Å². The van der Waals surface area contributed by atoms with Gasteiger partial charge in [0.2, 0.25) is 12.1 Å². The van der Waals surface area contributed by atoms with Crippen LogP contribution in [0.1, 0.15) is 24.6 Å². The smallest absolute Gasteiger partial charge is 0.372 e. The number of anilines is 1. The molecule has 1 aromatic heterocycles. The molecular formula is C16H19ClN2O2. The maximum atomic E-state index is 11.9. The molecule has 0 atom stereocenters. The van der Waals surface area contributed by atoms with E-state index in [4.69, 9.17) is 10.5 Å². The molecule has 1 aliphatic carbocycles. The molecule has 1 aliphatic rings. The first-order valence-electron chi connectivity index (χ1n) is 7.09. The van der Waals surface area contributed by atoms with Gasteiger partial charge in [-0.2, -0.15) is 4.57 Å². The predicted molar refractivity (Wildman–Crippen MR) is 77.2 cm³/mol. The molecule has 0 amide bonds. The van der Waals surface area contributed by atoms with Gasteiger partial charge in [0.15, 0.2) is 5.69 Å². The van der Waals surface area contributed by atoms with Gasteiger partial charge in [-0.25, -0.2) is 4.79 Å². The molecule has 0 unspecified atom stereocenters. The highest BCUT2D eigenvalue weighted by atomic mass is 35.5. The summed E-state index contributed by atoms with van der Waals surface area (Å²) < 4.78 is 7.17. The number of rotatable bonds is 3. The van der Waals surface area contributed by atoms with Gasteiger partial charge in [0.25, 0.3) is 0 Å². The number of halogens is 1. The topological polar surface area (TPSA) is 56.2 Å². The predicted octanol–water partition coefficient (Wildman–Crippen LogP) is -1.23. The monoisotopic (exact) mass is 306 g/mol. The number of benzene rings is 1. The van der Waals surface area contributed by atoms with Gasteiger partial charge in [-0.05, 0) is 25.8 Å². The lowest BCUT2D eigenvalue weighted by Gasteiger charge is -2.10. The van der Waals surface area contributed by atoms with Crippen molar-refractivity contribution in [2.45, 2.75) is 32.7 Å². The summed E-state index contributed by atoms with van der Waals surface area (Å²) in [6.07, 6.45) is 3.07. The number of nitrogens with zero attached hydrogens (tertiary/aromatic N) is 1. The van der Waals surface area contributed by atoms with Crippen molar-refractivity contribution in [3.63, 3.8) is 0 Å². The summed E-state index contributed by atoms with van der Waals surface area (Å²) >= 11 is 0. The Hall–Kier alpha value is -1.81. The number of pyridine rings is 1. The Labute approximate surface area is 130 Å². The van der Waals surface area contributed by atoms with E-state index in [2.05, 4.69) is 4.57 Å². The average molecular weight is 307 g/mol. The average Bonchev–Trinajstić information content (AvgIpc) is 2.93. The van der Waals surface area contributed by atoms with Crippen LogP contribution in [0, 0.1) is 0 Å². The van der Waals surface area contributed by atoms with E-state index in [-0.39, 0.29) is 24.9 Å². The van der Waals surface area contributed by atoms with E-state index in [1.54, 1.807) is 0 Å². The van der Waals surface area contributed by atoms with Crippen LogP contribution in [0.5, 0.6) is 0 Å². The highest BCUT2D eigenvalue weighted by Crippen LogP contribution is 2.30. The number of aromatic nitrogens is 1. The van der Waals surface area contributed by atoms with Crippen LogP contribution in [0.3, 0.4) is 0 Å². The van der Waals surface area contributed by atoms with Crippen molar-refractivity contribution in [3.05, 3.63) is 35.5 Å². The SMILES string of the molecule is CCOC(=O)C[n+]1c2c(c(N)c3ccccc31)CCC2.[Cl-]. The van der Waals surface area contributed by atoms with Gasteiger partial charge in [-0.15, -0.1) is 0 Å². The quantitative estimate of drug-likeness (QED) is 0.570. The lowest BCUT2D eigenvalue weighted by molar-refractivity contribution is -0.667. The van der Waals surface area contributed by atoms with Crippen molar-refractivity contribution in [2.24, 2.45) is 0 Å². The summed E-state index contributed by atoms with van der Waals surface area (Å²) in [6, 6.07) is 7.99. The minimum Gasteiger partial charge on any atom is -1.00 e. The Balaban J connectivity index is 0.00000161. The fourth-order valence-corrected chi connectivity index (χ4v) is 3.08. The Kier molecular flexibility index (Phi) is 4.68. The van der Waals surface area contributed by atoms with Gasteiger partial charge >= 0.3 is 5.97 Å². The van der Waals surface area contributed by atoms with Crippen LogP contribution >= 0.6 is 0 Å². The first-order valence-corrected chi connectivity index (χ1v) is 7.09. The Bertz CT molecular complexity index is 686. The number of fused-ring (bicyclic) bond motifs is 2. The van der Waals surface area contributed by atoms with Gasteiger partial charge in [-0.1, -0.05) is 12.1 Å². The molecule has 5 heteroatoms. The minimum atomic E-state index is -0.193. The summed E-state index contributed by atoms with van der Waals surface area (Å²) in [6.45, 7) is 2.50. The van der Waals surface area contributed by atoms with E-state index in [0.29, 0.717) is 6.61 Å². The highest BCUT2D eigenvalue weighted by molar-refractivity contribution is 5.90. The lowest BCUT2D eigenvalue weighted by Crippen LogP contribution is -3.00. The van der Waals surface area contributed by atoms with Crippen LogP contribution in [0.25, 0.3) is 10.9 Å². The first kappa shape index (κ1) is 15.6. The number of hydrogen-bond donors (Lipinski definition) is 1. The summed E-state index contributed by atoms with van der Waals surface area (Å²) in [5.41, 5.74) is 10.6. The number of carbonyl (C=O) groups excluding carboxylic acids is 1. The fourth-order valence-electron chi connectivity index (χ4n) is 3.08. The molecule has 2 aromatic rings. The molecule has 1 heterocycles. The van der Waals surface area contributed by atoms with Crippen LogP contribution in [0.4, 0.5) is 5.69 Å². The second-order valence-corrected chi connectivity index (χ2v) is 5.10. The van der Waals surface area contributed by atoms with Crippen molar-refractivity contribution in [1.29, 1.82) is 0 Å². The summed E-state index contributed by atoms with van der Waals surface area (Å²) in [5.74, 6) is -0.193. The zero-order valence-corrected chi connectivity index (χ0v) is 12.8. The van der Waals surface area contributed by atoms with E-state index in [1.165, 1.54) is 11.3 Å². The second-order valence-electron chi connectivity index (χ2n) is 5.10. The molecule has 0 fully saturated rings. The number of nitrogen functional groups attached to an aromatic ring is 1. The first-order chi connectivity index (χ1) is 9.72. The number of esters is 1. The lowest BCUT2D eigenvalue weighted by atomic mass is 10.1. The molecule has 0 saturated carbocycles.